The minimum atomic E-state index is 0.814. The topological polar surface area (TPSA) is 3.24 Å². The molecule has 1 heteroatoms. The van der Waals surface area contributed by atoms with Gasteiger partial charge in [0.05, 0.1) is 0 Å². The third-order valence-electron chi connectivity index (χ3n) is 2.82. The largest absolute Gasteiger partial charge is 0.299 e. The van der Waals surface area contributed by atoms with Crippen molar-refractivity contribution in [2.24, 2.45) is 5.92 Å². The van der Waals surface area contributed by atoms with Gasteiger partial charge >= 0.3 is 0 Å². The molecule has 1 heterocycles. The summed E-state index contributed by atoms with van der Waals surface area (Å²) in [6.45, 7) is 10.5. The monoisotopic (exact) mass is 167 g/mol. The Morgan fingerprint density at radius 3 is 2.67 bits per heavy atom. The van der Waals surface area contributed by atoms with Crippen molar-refractivity contribution in [1.82, 2.24) is 4.90 Å². The molecule has 12 heavy (non-hydrogen) atoms. The van der Waals surface area contributed by atoms with Crippen molar-refractivity contribution in [3.63, 3.8) is 0 Å². The summed E-state index contributed by atoms with van der Waals surface area (Å²) in [5.74, 6) is 0.814. The van der Waals surface area contributed by atoms with Gasteiger partial charge in [0.15, 0.2) is 0 Å². The van der Waals surface area contributed by atoms with E-state index in [1.165, 1.54) is 32.5 Å². The predicted octanol–water partition coefficient (Wildman–Crippen LogP) is 2.68. The van der Waals surface area contributed by atoms with Crippen molar-refractivity contribution in [2.45, 2.75) is 33.6 Å². The molecule has 1 atom stereocenters. The van der Waals surface area contributed by atoms with Crippen LogP contribution in [-0.2, 0) is 0 Å². The fourth-order valence-corrected chi connectivity index (χ4v) is 1.84. The standard InChI is InChI=1S/C11H21N/c1-4-10-7-11(5-2)9-12(6-3)8-10/h7,10H,4-6,8-9H2,1-3H3. The molecule has 1 aliphatic rings. The molecule has 0 aromatic carbocycles. The highest BCUT2D eigenvalue weighted by atomic mass is 15.1. The second kappa shape index (κ2) is 4.66. The smallest absolute Gasteiger partial charge is 0.0192 e. The van der Waals surface area contributed by atoms with E-state index < -0.39 is 0 Å². The van der Waals surface area contributed by atoms with E-state index in [1.807, 2.05) is 0 Å². The van der Waals surface area contributed by atoms with Gasteiger partial charge in [-0.2, -0.15) is 0 Å². The van der Waals surface area contributed by atoms with Crippen LogP contribution in [0, 0.1) is 5.92 Å². The summed E-state index contributed by atoms with van der Waals surface area (Å²) in [6, 6.07) is 0. The lowest BCUT2D eigenvalue weighted by molar-refractivity contribution is 0.258. The van der Waals surface area contributed by atoms with Crippen LogP contribution < -0.4 is 0 Å². The molecule has 0 fully saturated rings. The molecule has 0 N–H and O–H groups in total. The molecule has 0 aromatic heterocycles. The van der Waals surface area contributed by atoms with Crippen molar-refractivity contribution in [1.29, 1.82) is 0 Å². The molecule has 0 aliphatic carbocycles. The molecule has 1 unspecified atom stereocenters. The molecule has 1 aliphatic heterocycles. The SMILES string of the molecule is CCC1=CC(CC)CN(CC)C1. The highest BCUT2D eigenvalue weighted by Gasteiger charge is 2.16. The Morgan fingerprint density at radius 2 is 2.17 bits per heavy atom. The van der Waals surface area contributed by atoms with Gasteiger partial charge in [-0.15, -0.1) is 0 Å². The first-order chi connectivity index (χ1) is 5.80. The fourth-order valence-electron chi connectivity index (χ4n) is 1.84. The number of hydrogen-bond donors (Lipinski definition) is 0. The Labute approximate surface area is 76.5 Å². The maximum atomic E-state index is 2.55. The summed E-state index contributed by atoms with van der Waals surface area (Å²) in [7, 11) is 0. The summed E-state index contributed by atoms with van der Waals surface area (Å²) in [5.41, 5.74) is 1.63. The van der Waals surface area contributed by atoms with E-state index >= 15 is 0 Å². The van der Waals surface area contributed by atoms with Crippen LogP contribution >= 0.6 is 0 Å². The van der Waals surface area contributed by atoms with E-state index in [4.69, 9.17) is 0 Å². The quantitative estimate of drug-likeness (QED) is 0.584. The number of nitrogens with zero attached hydrogens (tertiary/aromatic N) is 1. The van der Waals surface area contributed by atoms with Crippen LogP contribution in [-0.4, -0.2) is 24.5 Å². The van der Waals surface area contributed by atoms with Gasteiger partial charge in [-0.1, -0.05) is 32.4 Å². The molecule has 0 aromatic rings. The van der Waals surface area contributed by atoms with Crippen LogP contribution in [0.2, 0.25) is 0 Å². The Balaban J connectivity index is 2.57. The molecule has 0 radical (unpaired) electrons. The lowest BCUT2D eigenvalue weighted by Gasteiger charge is -2.30. The van der Waals surface area contributed by atoms with Crippen molar-refractivity contribution < 1.29 is 0 Å². The van der Waals surface area contributed by atoms with E-state index in [0.717, 1.165) is 5.92 Å². The summed E-state index contributed by atoms with van der Waals surface area (Å²) in [4.78, 5) is 2.55. The maximum Gasteiger partial charge on any atom is 0.0192 e. The van der Waals surface area contributed by atoms with Gasteiger partial charge in [0, 0.05) is 13.1 Å². The Kier molecular flexibility index (Phi) is 3.80. The Morgan fingerprint density at radius 1 is 1.42 bits per heavy atom. The van der Waals surface area contributed by atoms with Gasteiger partial charge in [-0.25, -0.2) is 0 Å². The summed E-state index contributed by atoms with van der Waals surface area (Å²) < 4.78 is 0. The van der Waals surface area contributed by atoms with Gasteiger partial charge in [-0.05, 0) is 25.3 Å². The lowest BCUT2D eigenvalue weighted by Crippen LogP contribution is -2.34. The number of likely N-dealkylation sites (N-methyl/N-ethyl adjacent to an activating group) is 1. The normalized spacial score (nSPS) is 25.6. The zero-order chi connectivity index (χ0) is 8.97. The van der Waals surface area contributed by atoms with Crippen molar-refractivity contribution in [2.75, 3.05) is 19.6 Å². The first-order valence-electron chi connectivity index (χ1n) is 5.22. The molecule has 0 spiro atoms. The van der Waals surface area contributed by atoms with Crippen LogP contribution in [0.15, 0.2) is 11.6 Å². The van der Waals surface area contributed by atoms with E-state index in [9.17, 15) is 0 Å². The van der Waals surface area contributed by atoms with Crippen LogP contribution in [0.5, 0.6) is 0 Å². The summed E-state index contributed by atoms with van der Waals surface area (Å²) >= 11 is 0. The Bertz CT molecular complexity index is 160. The second-order valence-corrected chi connectivity index (χ2v) is 3.67. The van der Waals surface area contributed by atoms with E-state index in [-0.39, 0.29) is 0 Å². The number of rotatable bonds is 3. The highest BCUT2D eigenvalue weighted by Crippen LogP contribution is 2.19. The fraction of sp³-hybridized carbons (Fsp3) is 0.818. The Hall–Kier alpha value is -0.300. The van der Waals surface area contributed by atoms with Crippen LogP contribution in [0.25, 0.3) is 0 Å². The molecule has 70 valence electrons. The first-order valence-corrected chi connectivity index (χ1v) is 5.22. The lowest BCUT2D eigenvalue weighted by atomic mass is 9.96. The molecule has 0 saturated carbocycles. The van der Waals surface area contributed by atoms with Gasteiger partial charge in [0.1, 0.15) is 0 Å². The van der Waals surface area contributed by atoms with E-state index in [2.05, 4.69) is 31.7 Å². The van der Waals surface area contributed by atoms with Crippen molar-refractivity contribution >= 4 is 0 Å². The number of hydrogen-bond acceptors (Lipinski definition) is 1. The van der Waals surface area contributed by atoms with Gasteiger partial charge < -0.3 is 0 Å². The second-order valence-electron chi connectivity index (χ2n) is 3.67. The molecular formula is C11H21N. The molecule has 1 rings (SSSR count). The molecule has 0 amide bonds. The van der Waals surface area contributed by atoms with Crippen LogP contribution in [0.1, 0.15) is 33.6 Å². The van der Waals surface area contributed by atoms with Crippen LogP contribution in [0.4, 0.5) is 0 Å². The average Bonchev–Trinajstić information content (AvgIpc) is 2.16. The van der Waals surface area contributed by atoms with Gasteiger partial charge in [0.2, 0.25) is 0 Å². The third-order valence-corrected chi connectivity index (χ3v) is 2.82. The van der Waals surface area contributed by atoms with E-state index in [0.29, 0.717) is 0 Å². The van der Waals surface area contributed by atoms with Crippen molar-refractivity contribution in [3.05, 3.63) is 11.6 Å². The van der Waals surface area contributed by atoms with Gasteiger partial charge in [0.25, 0.3) is 0 Å². The third kappa shape index (κ3) is 2.34. The summed E-state index contributed by atoms with van der Waals surface area (Å²) in [5, 5.41) is 0. The van der Waals surface area contributed by atoms with Crippen LogP contribution in [0.3, 0.4) is 0 Å². The predicted molar refractivity (Wildman–Crippen MR) is 54.3 cm³/mol. The molecule has 1 nitrogen and oxygen atoms in total. The van der Waals surface area contributed by atoms with Gasteiger partial charge in [-0.3, -0.25) is 4.90 Å². The van der Waals surface area contributed by atoms with Crippen molar-refractivity contribution in [3.8, 4) is 0 Å². The highest BCUT2D eigenvalue weighted by molar-refractivity contribution is 5.10. The summed E-state index contributed by atoms with van der Waals surface area (Å²) in [6.07, 6.45) is 5.01. The van der Waals surface area contributed by atoms with E-state index in [1.54, 1.807) is 5.57 Å². The maximum absolute atomic E-state index is 2.55. The molecule has 0 saturated heterocycles. The zero-order valence-corrected chi connectivity index (χ0v) is 8.64. The average molecular weight is 167 g/mol. The molecular weight excluding hydrogens is 146 g/mol. The zero-order valence-electron chi connectivity index (χ0n) is 8.64. The molecule has 0 bridgehead atoms. The minimum Gasteiger partial charge on any atom is -0.299 e. The minimum absolute atomic E-state index is 0.814. The first kappa shape index (κ1) is 9.79.